The summed E-state index contributed by atoms with van der Waals surface area (Å²) in [5, 5.41) is 12.0. The highest BCUT2D eigenvalue weighted by atomic mass is 16.4. The van der Waals surface area contributed by atoms with Crippen LogP contribution < -0.4 is 5.32 Å². The van der Waals surface area contributed by atoms with Crippen LogP contribution in [-0.4, -0.2) is 24.2 Å². The summed E-state index contributed by atoms with van der Waals surface area (Å²) in [4.78, 5) is 10.5. The van der Waals surface area contributed by atoms with Crippen LogP contribution in [0.3, 0.4) is 0 Å². The molecule has 0 saturated carbocycles. The highest BCUT2D eigenvalue weighted by molar-refractivity contribution is 5.66. The van der Waals surface area contributed by atoms with Crippen LogP contribution in [0, 0.1) is 0 Å². The van der Waals surface area contributed by atoms with Crippen molar-refractivity contribution in [3.63, 3.8) is 0 Å². The van der Waals surface area contributed by atoms with Gasteiger partial charge in [-0.1, -0.05) is 411 Å². The largest absolute Gasteiger partial charge is 0.481 e. The first kappa shape index (κ1) is 72.4. The summed E-state index contributed by atoms with van der Waals surface area (Å²) in [7, 11) is 0. The van der Waals surface area contributed by atoms with Crippen LogP contribution in [0.2, 0.25) is 0 Å². The molecule has 73 heavy (non-hydrogen) atoms. The van der Waals surface area contributed by atoms with Gasteiger partial charge in [0.25, 0.3) is 0 Å². The molecule has 0 atom stereocenters. The molecule has 0 unspecified atom stereocenters. The van der Waals surface area contributed by atoms with Gasteiger partial charge in [-0.15, -0.1) is 0 Å². The van der Waals surface area contributed by atoms with E-state index >= 15 is 0 Å². The number of carboxylic acids is 1. The van der Waals surface area contributed by atoms with E-state index in [1.54, 1.807) is 0 Å². The van der Waals surface area contributed by atoms with Gasteiger partial charge in [0.2, 0.25) is 0 Å². The van der Waals surface area contributed by atoms with Crippen molar-refractivity contribution in [1.82, 2.24) is 5.32 Å². The molecule has 0 aliphatic heterocycles. The SMILES string of the molecule is CCCCCCCCCCCCCCCCCCCCCCCCCCCCCCCCCCCCCCCCCCCCCCCCCCCCCCCCCCCCCCCCCCNCCCC(=O)O. The Kier molecular flexibility index (Phi) is 68.9. The number of hydrogen-bond donors (Lipinski definition) is 2. The van der Waals surface area contributed by atoms with Gasteiger partial charge in [0, 0.05) is 6.42 Å². The maximum Gasteiger partial charge on any atom is 0.303 e. The zero-order valence-corrected chi connectivity index (χ0v) is 50.9. The van der Waals surface area contributed by atoms with E-state index in [4.69, 9.17) is 5.11 Å². The van der Waals surface area contributed by atoms with E-state index in [0.717, 1.165) is 19.5 Å². The first-order chi connectivity index (χ1) is 36.3. The third-order valence-corrected chi connectivity index (χ3v) is 17.0. The van der Waals surface area contributed by atoms with E-state index in [1.165, 1.54) is 411 Å². The van der Waals surface area contributed by atoms with Crippen molar-refractivity contribution in [3.8, 4) is 0 Å². The Bertz CT molecular complexity index is 951. The van der Waals surface area contributed by atoms with E-state index in [1.807, 2.05) is 0 Å². The molecule has 438 valence electrons. The van der Waals surface area contributed by atoms with Crippen molar-refractivity contribution >= 4 is 5.97 Å². The van der Waals surface area contributed by atoms with Gasteiger partial charge >= 0.3 is 5.97 Å². The van der Waals surface area contributed by atoms with Crippen molar-refractivity contribution in [1.29, 1.82) is 0 Å². The molecule has 0 aromatic carbocycles. The quantitative estimate of drug-likeness (QED) is 0.0597. The van der Waals surface area contributed by atoms with Crippen molar-refractivity contribution in [2.24, 2.45) is 0 Å². The highest BCUT2D eigenvalue weighted by Gasteiger charge is 2.01. The van der Waals surface area contributed by atoms with Crippen LogP contribution in [0.15, 0.2) is 0 Å². The third-order valence-electron chi connectivity index (χ3n) is 17.0. The van der Waals surface area contributed by atoms with Crippen LogP contribution >= 0.6 is 0 Å². The second kappa shape index (κ2) is 69.4. The fourth-order valence-electron chi connectivity index (χ4n) is 11.8. The van der Waals surface area contributed by atoms with Crippen molar-refractivity contribution in [3.05, 3.63) is 0 Å². The highest BCUT2D eigenvalue weighted by Crippen LogP contribution is 2.20. The normalized spacial score (nSPS) is 11.7. The maximum atomic E-state index is 10.5. The summed E-state index contributed by atoms with van der Waals surface area (Å²) in [6.07, 6.45) is 95.1. The minimum absolute atomic E-state index is 0.285. The minimum atomic E-state index is -0.685. The molecule has 0 saturated heterocycles. The molecule has 2 N–H and O–H groups in total. The Balaban J connectivity index is 3.08. The van der Waals surface area contributed by atoms with Crippen LogP contribution in [0.5, 0.6) is 0 Å². The Labute approximate surface area is 462 Å². The lowest BCUT2D eigenvalue weighted by Gasteiger charge is -2.05. The molecule has 0 fully saturated rings. The van der Waals surface area contributed by atoms with Crippen LogP contribution in [-0.2, 0) is 4.79 Å². The molecule has 3 heteroatoms. The fraction of sp³-hybridized carbons (Fsp3) is 0.986. The van der Waals surface area contributed by atoms with E-state index in [9.17, 15) is 4.79 Å². The smallest absolute Gasteiger partial charge is 0.303 e. The number of hydrogen-bond acceptors (Lipinski definition) is 2. The van der Waals surface area contributed by atoms with E-state index in [0.29, 0.717) is 0 Å². The summed E-state index contributed by atoms with van der Waals surface area (Å²) in [5.74, 6) is -0.685. The van der Waals surface area contributed by atoms with Gasteiger partial charge in [-0.25, -0.2) is 0 Å². The Morgan fingerprint density at radius 1 is 0.205 bits per heavy atom. The van der Waals surface area contributed by atoms with Gasteiger partial charge in [0.15, 0.2) is 0 Å². The monoisotopic (exact) mass is 1030 g/mol. The molecule has 0 radical (unpaired) electrons. The lowest BCUT2D eigenvalue weighted by molar-refractivity contribution is -0.137. The Morgan fingerprint density at radius 3 is 0.466 bits per heavy atom. The topological polar surface area (TPSA) is 49.3 Å². The molecule has 0 bridgehead atoms. The number of carbonyl (C=O) groups is 1. The number of rotatable bonds is 69. The zero-order valence-electron chi connectivity index (χ0n) is 50.9. The first-order valence-corrected chi connectivity index (χ1v) is 35.2. The summed E-state index contributed by atoms with van der Waals surface area (Å²) in [6.45, 7) is 4.19. The first-order valence-electron chi connectivity index (χ1n) is 35.2. The molecular weight excluding hydrogens is 887 g/mol. The van der Waals surface area contributed by atoms with Gasteiger partial charge in [0.05, 0.1) is 0 Å². The van der Waals surface area contributed by atoms with Crippen LogP contribution in [0.4, 0.5) is 0 Å². The maximum absolute atomic E-state index is 10.5. The van der Waals surface area contributed by atoms with E-state index in [-0.39, 0.29) is 6.42 Å². The number of aliphatic carboxylic acids is 1. The predicted molar refractivity (Wildman–Crippen MR) is 331 cm³/mol. The van der Waals surface area contributed by atoms with Gasteiger partial charge in [0.1, 0.15) is 0 Å². The van der Waals surface area contributed by atoms with Crippen LogP contribution in [0.1, 0.15) is 431 Å². The standard InChI is InChI=1S/C70H141NO2/c1-2-3-4-5-6-7-8-9-10-11-12-13-14-15-16-17-18-19-20-21-22-23-24-25-26-27-28-29-30-31-32-33-34-35-36-37-38-39-40-41-42-43-44-45-46-47-48-49-50-51-52-53-54-55-56-57-58-59-60-61-62-63-64-65-68-71-69-66-67-70(72)73/h71H,2-69H2,1H3,(H,72,73). The Hall–Kier alpha value is -0.570. The molecule has 0 aromatic rings. The molecule has 0 amide bonds. The van der Waals surface area contributed by atoms with Crippen molar-refractivity contribution < 1.29 is 9.90 Å². The summed E-state index contributed by atoms with van der Waals surface area (Å²) < 4.78 is 0. The Morgan fingerprint density at radius 2 is 0.329 bits per heavy atom. The summed E-state index contributed by atoms with van der Waals surface area (Å²) in [5.41, 5.74) is 0. The molecule has 3 nitrogen and oxygen atoms in total. The average molecular weight is 1030 g/mol. The number of carboxylic acid groups (broad SMARTS) is 1. The van der Waals surface area contributed by atoms with Crippen LogP contribution in [0.25, 0.3) is 0 Å². The predicted octanol–water partition coefficient (Wildman–Crippen LogP) is 25.4. The molecule has 0 spiro atoms. The molecule has 0 aliphatic carbocycles. The number of unbranched alkanes of at least 4 members (excludes halogenated alkanes) is 63. The minimum Gasteiger partial charge on any atom is -0.481 e. The number of nitrogens with one attached hydrogen (secondary N) is 1. The van der Waals surface area contributed by atoms with Crippen molar-refractivity contribution in [2.45, 2.75) is 431 Å². The fourth-order valence-corrected chi connectivity index (χ4v) is 11.8. The van der Waals surface area contributed by atoms with Gasteiger partial charge in [-0.05, 0) is 25.9 Å². The third kappa shape index (κ3) is 71.4. The zero-order chi connectivity index (χ0) is 52.4. The molecule has 0 aromatic heterocycles. The average Bonchev–Trinajstić information content (AvgIpc) is 3.39. The molecule has 0 heterocycles. The molecular formula is C70H141NO2. The van der Waals surface area contributed by atoms with Gasteiger partial charge in [-0.2, -0.15) is 0 Å². The summed E-state index contributed by atoms with van der Waals surface area (Å²) >= 11 is 0. The second-order valence-corrected chi connectivity index (χ2v) is 24.5. The van der Waals surface area contributed by atoms with E-state index in [2.05, 4.69) is 12.2 Å². The van der Waals surface area contributed by atoms with Gasteiger partial charge in [-0.3, -0.25) is 4.79 Å². The summed E-state index contributed by atoms with van der Waals surface area (Å²) in [6, 6.07) is 0. The molecule has 0 aliphatic rings. The molecule has 0 rings (SSSR count). The van der Waals surface area contributed by atoms with Gasteiger partial charge < -0.3 is 10.4 Å². The van der Waals surface area contributed by atoms with Crippen molar-refractivity contribution in [2.75, 3.05) is 13.1 Å². The second-order valence-electron chi connectivity index (χ2n) is 24.5. The lowest BCUT2D eigenvalue weighted by atomic mass is 10.0. The lowest BCUT2D eigenvalue weighted by Crippen LogP contribution is -2.17. The van der Waals surface area contributed by atoms with E-state index < -0.39 is 5.97 Å².